The topological polar surface area (TPSA) is 77.2 Å². The number of carbonyl (C=O) groups is 1. The molecule has 2 rings (SSSR count). The zero-order chi connectivity index (χ0) is 14.5. The molecule has 2 aromatic rings. The summed E-state index contributed by atoms with van der Waals surface area (Å²) in [7, 11) is 1.52. The summed E-state index contributed by atoms with van der Waals surface area (Å²) >= 11 is 0. The molecule has 1 aromatic carbocycles. The van der Waals surface area contributed by atoms with Gasteiger partial charge in [0.25, 0.3) is 5.91 Å². The van der Waals surface area contributed by atoms with Gasteiger partial charge in [-0.3, -0.25) is 9.78 Å². The van der Waals surface area contributed by atoms with Crippen molar-refractivity contribution < 1.29 is 9.53 Å². The Morgan fingerprint density at radius 3 is 2.90 bits per heavy atom. The lowest BCUT2D eigenvalue weighted by Crippen LogP contribution is -2.24. The van der Waals surface area contributed by atoms with Crippen LogP contribution in [0.5, 0.6) is 5.75 Å². The van der Waals surface area contributed by atoms with Gasteiger partial charge >= 0.3 is 0 Å². The molecule has 5 heteroatoms. The molecule has 0 aliphatic rings. The summed E-state index contributed by atoms with van der Waals surface area (Å²) < 4.78 is 5.17. The van der Waals surface area contributed by atoms with Gasteiger partial charge in [0, 0.05) is 11.9 Å². The molecule has 0 saturated heterocycles. The molecule has 0 aliphatic carbocycles. The monoisotopic (exact) mass is 271 g/mol. The number of nitrogens with zero attached hydrogens (tertiary/aromatic N) is 1. The number of anilines is 1. The second-order valence-electron chi connectivity index (χ2n) is 4.41. The van der Waals surface area contributed by atoms with Crippen LogP contribution in [-0.4, -0.2) is 18.0 Å². The molecule has 3 N–H and O–H groups in total. The van der Waals surface area contributed by atoms with Gasteiger partial charge in [-0.25, -0.2) is 0 Å². The average Bonchev–Trinajstić information content (AvgIpc) is 2.46. The van der Waals surface area contributed by atoms with Crippen molar-refractivity contribution in [1.82, 2.24) is 10.3 Å². The van der Waals surface area contributed by atoms with Crippen molar-refractivity contribution in [2.75, 3.05) is 12.8 Å². The van der Waals surface area contributed by atoms with Gasteiger partial charge in [-0.05, 0) is 36.8 Å². The number of ether oxygens (including phenoxy) is 1. The Morgan fingerprint density at radius 2 is 2.20 bits per heavy atom. The van der Waals surface area contributed by atoms with Crippen LogP contribution < -0.4 is 15.8 Å². The lowest BCUT2D eigenvalue weighted by Gasteiger charge is -2.10. The molecule has 0 unspecified atom stereocenters. The minimum Gasteiger partial charge on any atom is -0.496 e. The normalized spacial score (nSPS) is 10.1. The quantitative estimate of drug-likeness (QED) is 0.833. The van der Waals surface area contributed by atoms with Crippen LogP contribution >= 0.6 is 0 Å². The highest BCUT2D eigenvalue weighted by Gasteiger charge is 2.12. The fourth-order valence-electron chi connectivity index (χ4n) is 1.87. The molecule has 0 saturated carbocycles. The first-order valence-electron chi connectivity index (χ1n) is 6.24. The second-order valence-corrected chi connectivity index (χ2v) is 4.41. The minimum atomic E-state index is -0.237. The number of benzene rings is 1. The van der Waals surface area contributed by atoms with Gasteiger partial charge in [-0.1, -0.05) is 6.07 Å². The van der Waals surface area contributed by atoms with E-state index < -0.39 is 0 Å². The van der Waals surface area contributed by atoms with Crippen LogP contribution in [0.2, 0.25) is 0 Å². The van der Waals surface area contributed by atoms with E-state index in [0.717, 1.165) is 11.3 Å². The summed E-state index contributed by atoms with van der Waals surface area (Å²) in [4.78, 5) is 16.4. The predicted molar refractivity (Wildman–Crippen MR) is 77.6 cm³/mol. The Kier molecular flexibility index (Phi) is 4.20. The highest BCUT2D eigenvalue weighted by molar-refractivity contribution is 5.97. The summed E-state index contributed by atoms with van der Waals surface area (Å²) in [5, 5.41) is 2.82. The summed E-state index contributed by atoms with van der Waals surface area (Å²) in [6, 6.07) is 8.78. The minimum absolute atomic E-state index is 0.237. The lowest BCUT2D eigenvalue weighted by atomic mass is 10.1. The zero-order valence-corrected chi connectivity index (χ0v) is 11.5. The number of hydrogen-bond acceptors (Lipinski definition) is 4. The second kappa shape index (κ2) is 6.06. The van der Waals surface area contributed by atoms with Crippen LogP contribution in [0.15, 0.2) is 36.5 Å². The van der Waals surface area contributed by atoms with Crippen molar-refractivity contribution in [2.24, 2.45) is 0 Å². The van der Waals surface area contributed by atoms with E-state index in [1.165, 1.54) is 7.11 Å². The zero-order valence-electron chi connectivity index (χ0n) is 11.5. The molecule has 0 aliphatic heterocycles. The van der Waals surface area contributed by atoms with E-state index in [0.29, 0.717) is 23.5 Å². The molecule has 1 amide bonds. The van der Waals surface area contributed by atoms with Gasteiger partial charge in [0.15, 0.2) is 0 Å². The number of methoxy groups -OCH3 is 1. The molecule has 0 spiro atoms. The van der Waals surface area contributed by atoms with E-state index in [2.05, 4.69) is 10.3 Å². The summed E-state index contributed by atoms with van der Waals surface area (Å²) in [6.45, 7) is 2.32. The first-order valence-corrected chi connectivity index (χ1v) is 6.24. The maximum Gasteiger partial charge on any atom is 0.255 e. The number of aryl methyl sites for hydroxylation is 1. The number of nitrogens with two attached hydrogens (primary N) is 1. The fraction of sp³-hybridized carbons (Fsp3) is 0.200. The maximum atomic E-state index is 12.2. The molecule has 1 aromatic heterocycles. The van der Waals surface area contributed by atoms with Crippen LogP contribution in [0.3, 0.4) is 0 Å². The number of aromatic nitrogens is 1. The van der Waals surface area contributed by atoms with Crippen LogP contribution in [-0.2, 0) is 6.54 Å². The number of nitrogen functional groups attached to an aromatic ring is 1. The van der Waals surface area contributed by atoms with E-state index in [9.17, 15) is 4.79 Å². The Morgan fingerprint density at radius 1 is 1.40 bits per heavy atom. The van der Waals surface area contributed by atoms with Crippen LogP contribution in [0.4, 0.5) is 5.69 Å². The van der Waals surface area contributed by atoms with Crippen LogP contribution in [0.25, 0.3) is 0 Å². The SMILES string of the molecule is COc1ccc(N)cc1C(=O)NCc1ncccc1C. The fourth-order valence-corrected chi connectivity index (χ4v) is 1.87. The van der Waals surface area contributed by atoms with E-state index in [-0.39, 0.29) is 5.91 Å². The van der Waals surface area contributed by atoms with E-state index in [1.807, 2.05) is 19.1 Å². The smallest absolute Gasteiger partial charge is 0.255 e. The molecular weight excluding hydrogens is 254 g/mol. The Bertz CT molecular complexity index is 626. The van der Waals surface area contributed by atoms with Crippen molar-refractivity contribution in [3.05, 3.63) is 53.3 Å². The summed E-state index contributed by atoms with van der Waals surface area (Å²) in [5.74, 6) is 0.258. The standard InChI is InChI=1S/C15H17N3O2/c1-10-4-3-7-17-13(10)9-18-15(19)12-8-11(16)5-6-14(12)20-2/h3-8H,9,16H2,1-2H3,(H,18,19). The van der Waals surface area contributed by atoms with E-state index in [1.54, 1.807) is 24.4 Å². The third-order valence-electron chi connectivity index (χ3n) is 3.00. The Balaban J connectivity index is 2.13. The predicted octanol–water partition coefficient (Wildman–Crippen LogP) is 1.91. The van der Waals surface area contributed by atoms with E-state index in [4.69, 9.17) is 10.5 Å². The van der Waals surface area contributed by atoms with Gasteiger partial charge in [0.1, 0.15) is 5.75 Å². The molecular formula is C15H17N3O2. The maximum absolute atomic E-state index is 12.2. The molecule has 5 nitrogen and oxygen atoms in total. The number of amides is 1. The largest absolute Gasteiger partial charge is 0.496 e. The molecule has 0 fully saturated rings. The molecule has 104 valence electrons. The molecule has 0 bridgehead atoms. The molecule has 0 atom stereocenters. The van der Waals surface area contributed by atoms with Crippen molar-refractivity contribution in [2.45, 2.75) is 13.5 Å². The summed E-state index contributed by atoms with van der Waals surface area (Å²) in [6.07, 6.45) is 1.70. The Hall–Kier alpha value is -2.56. The first-order chi connectivity index (χ1) is 9.61. The molecule has 20 heavy (non-hydrogen) atoms. The summed E-state index contributed by atoms with van der Waals surface area (Å²) in [5.41, 5.74) is 8.51. The number of pyridine rings is 1. The van der Waals surface area contributed by atoms with Crippen LogP contribution in [0, 0.1) is 6.92 Å². The van der Waals surface area contributed by atoms with Crippen molar-refractivity contribution in [3.63, 3.8) is 0 Å². The molecule has 0 radical (unpaired) electrons. The average molecular weight is 271 g/mol. The van der Waals surface area contributed by atoms with Gasteiger partial charge in [0.2, 0.25) is 0 Å². The number of carbonyl (C=O) groups excluding carboxylic acids is 1. The molecule has 1 heterocycles. The first kappa shape index (κ1) is 13.9. The van der Waals surface area contributed by atoms with Gasteiger partial charge in [-0.2, -0.15) is 0 Å². The van der Waals surface area contributed by atoms with Crippen molar-refractivity contribution in [1.29, 1.82) is 0 Å². The highest BCUT2D eigenvalue weighted by Crippen LogP contribution is 2.21. The van der Waals surface area contributed by atoms with Crippen LogP contribution in [0.1, 0.15) is 21.6 Å². The number of nitrogens with one attached hydrogen (secondary N) is 1. The lowest BCUT2D eigenvalue weighted by molar-refractivity contribution is 0.0947. The van der Waals surface area contributed by atoms with Crippen molar-refractivity contribution in [3.8, 4) is 5.75 Å². The van der Waals surface area contributed by atoms with Crippen molar-refractivity contribution >= 4 is 11.6 Å². The Labute approximate surface area is 117 Å². The van der Waals surface area contributed by atoms with E-state index >= 15 is 0 Å². The number of hydrogen-bond donors (Lipinski definition) is 2. The third kappa shape index (κ3) is 3.06. The van der Waals surface area contributed by atoms with Gasteiger partial charge in [-0.15, -0.1) is 0 Å². The van der Waals surface area contributed by atoms with Gasteiger partial charge in [0.05, 0.1) is 24.9 Å². The third-order valence-corrected chi connectivity index (χ3v) is 3.00. The van der Waals surface area contributed by atoms with Gasteiger partial charge < -0.3 is 15.8 Å². The highest BCUT2D eigenvalue weighted by atomic mass is 16.5. The number of rotatable bonds is 4.